The zero-order chi connectivity index (χ0) is 9.61. The van der Waals surface area contributed by atoms with Gasteiger partial charge in [-0.1, -0.05) is 0 Å². The first kappa shape index (κ1) is 12.6. The molecule has 0 aromatic rings. The molecule has 0 aliphatic carbocycles. The van der Waals surface area contributed by atoms with Crippen LogP contribution in [0, 0.1) is 0 Å². The average molecular weight is 232 g/mol. The van der Waals surface area contributed by atoms with E-state index in [1.54, 1.807) is 0 Å². The molecule has 0 unspecified atom stereocenters. The Hall–Kier alpha value is 0.590. The lowest BCUT2D eigenvalue weighted by Gasteiger charge is -2.01. The molecule has 0 rings (SSSR count). The van der Waals surface area contributed by atoms with Crippen molar-refractivity contribution in [1.82, 2.24) is 0 Å². The van der Waals surface area contributed by atoms with Crippen LogP contribution in [-0.4, -0.2) is 31.4 Å². The van der Waals surface area contributed by atoms with Gasteiger partial charge in [-0.3, -0.25) is 0 Å². The first-order valence-electron chi connectivity index (χ1n) is 4.06. The molecule has 0 amide bonds. The molecule has 0 saturated heterocycles. The van der Waals surface area contributed by atoms with E-state index in [9.17, 15) is 8.42 Å². The lowest BCUT2D eigenvalue weighted by atomic mass is 10.6. The van der Waals surface area contributed by atoms with Crippen LogP contribution < -0.4 is 0 Å². The van der Waals surface area contributed by atoms with Gasteiger partial charge < -0.3 is 0 Å². The Kier molecular flexibility index (Phi) is 6.41. The highest BCUT2D eigenvalue weighted by molar-refractivity contribution is 8.13. The van der Waals surface area contributed by atoms with Crippen molar-refractivity contribution in [2.45, 2.75) is 20.3 Å². The summed E-state index contributed by atoms with van der Waals surface area (Å²) >= 11 is 0. The van der Waals surface area contributed by atoms with Gasteiger partial charge in [0.15, 0.2) is 0 Å². The monoisotopic (exact) mass is 231 g/mol. The van der Waals surface area contributed by atoms with Crippen molar-refractivity contribution in [2.75, 3.05) is 23.0 Å². The fraction of sp³-hybridized carbons (Fsp3) is 1.00. The highest BCUT2D eigenvalue weighted by Crippen LogP contribution is 2.03. The van der Waals surface area contributed by atoms with Crippen molar-refractivity contribution in [3.8, 4) is 0 Å². The first-order chi connectivity index (χ1) is 5.49. The molecule has 0 saturated carbocycles. The first-order valence-corrected chi connectivity index (χ1v) is 8.27. The molecule has 5 heteroatoms. The molecule has 0 atom stereocenters. The SMILES string of the molecule is CC[S+](CC)CCCS(=O)(=O)Cl. The van der Waals surface area contributed by atoms with Crippen molar-refractivity contribution >= 4 is 30.6 Å². The van der Waals surface area contributed by atoms with Gasteiger partial charge in [0, 0.05) is 17.1 Å². The van der Waals surface area contributed by atoms with E-state index in [4.69, 9.17) is 10.7 Å². The van der Waals surface area contributed by atoms with Gasteiger partial charge in [0.1, 0.15) is 17.3 Å². The summed E-state index contributed by atoms with van der Waals surface area (Å²) in [6.07, 6.45) is 0.705. The Labute approximate surface area is 82.5 Å². The Morgan fingerprint density at radius 3 is 2.08 bits per heavy atom. The number of halogens is 1. The van der Waals surface area contributed by atoms with Crippen molar-refractivity contribution in [3.05, 3.63) is 0 Å². The quantitative estimate of drug-likeness (QED) is 0.514. The van der Waals surface area contributed by atoms with Crippen molar-refractivity contribution in [3.63, 3.8) is 0 Å². The van der Waals surface area contributed by atoms with Crippen LogP contribution in [0.4, 0.5) is 0 Å². The molecule has 0 aliphatic rings. The zero-order valence-corrected chi connectivity index (χ0v) is 9.94. The maximum Gasteiger partial charge on any atom is 0.232 e. The Balaban J connectivity index is 3.55. The van der Waals surface area contributed by atoms with Crippen LogP contribution in [0.15, 0.2) is 0 Å². The van der Waals surface area contributed by atoms with E-state index in [1.165, 1.54) is 0 Å². The van der Waals surface area contributed by atoms with Gasteiger partial charge in [-0.25, -0.2) is 8.42 Å². The van der Waals surface area contributed by atoms with Gasteiger partial charge >= 0.3 is 0 Å². The summed E-state index contributed by atoms with van der Waals surface area (Å²) in [5.74, 6) is 3.43. The van der Waals surface area contributed by atoms with Crippen molar-refractivity contribution < 1.29 is 8.42 Å². The van der Waals surface area contributed by atoms with E-state index >= 15 is 0 Å². The summed E-state index contributed by atoms with van der Waals surface area (Å²) in [6, 6.07) is 0. The second-order valence-corrected chi connectivity index (χ2v) is 8.17. The lowest BCUT2D eigenvalue weighted by Crippen LogP contribution is -2.14. The summed E-state index contributed by atoms with van der Waals surface area (Å²) in [5, 5.41) is 0. The van der Waals surface area contributed by atoms with Crippen LogP contribution in [0.5, 0.6) is 0 Å². The predicted octanol–water partition coefficient (Wildman–Crippen LogP) is 1.60. The van der Waals surface area contributed by atoms with E-state index in [1.807, 2.05) is 0 Å². The Bertz CT molecular complexity index is 197. The maximum atomic E-state index is 10.6. The molecular weight excluding hydrogens is 216 g/mol. The fourth-order valence-electron chi connectivity index (χ4n) is 0.928. The molecule has 0 spiro atoms. The third kappa shape index (κ3) is 7.25. The molecule has 0 N–H and O–H groups in total. The van der Waals surface area contributed by atoms with Gasteiger partial charge in [-0.2, -0.15) is 0 Å². The van der Waals surface area contributed by atoms with Crippen LogP contribution >= 0.6 is 10.7 Å². The molecule has 0 aliphatic heterocycles. The summed E-state index contributed by atoms with van der Waals surface area (Å²) in [7, 11) is 2.22. The summed E-state index contributed by atoms with van der Waals surface area (Å²) < 4.78 is 21.1. The van der Waals surface area contributed by atoms with Gasteiger partial charge in [0.25, 0.3) is 0 Å². The van der Waals surface area contributed by atoms with E-state index in [2.05, 4.69) is 13.8 Å². The molecule has 0 radical (unpaired) electrons. The molecule has 0 bridgehead atoms. The zero-order valence-electron chi connectivity index (χ0n) is 7.55. The third-order valence-corrected chi connectivity index (χ3v) is 5.38. The lowest BCUT2D eigenvalue weighted by molar-refractivity contribution is 0.608. The summed E-state index contributed by atoms with van der Waals surface area (Å²) in [5.41, 5.74) is 0. The predicted molar refractivity (Wildman–Crippen MR) is 57.6 cm³/mol. The van der Waals surface area contributed by atoms with Crippen LogP contribution in [0.3, 0.4) is 0 Å². The van der Waals surface area contributed by atoms with Gasteiger partial charge in [-0.15, -0.1) is 0 Å². The fourth-order valence-corrected chi connectivity index (χ4v) is 3.47. The topological polar surface area (TPSA) is 34.1 Å². The molecule has 74 valence electrons. The normalized spacial score (nSPS) is 12.3. The number of hydrogen-bond acceptors (Lipinski definition) is 2. The maximum absolute atomic E-state index is 10.6. The van der Waals surface area contributed by atoms with Crippen LogP contribution in [0.1, 0.15) is 20.3 Å². The minimum absolute atomic E-state index is 0.123. The molecule has 0 heterocycles. The van der Waals surface area contributed by atoms with Crippen molar-refractivity contribution in [2.24, 2.45) is 0 Å². The number of rotatable bonds is 6. The van der Waals surface area contributed by atoms with E-state index in [0.29, 0.717) is 17.3 Å². The largest absolute Gasteiger partial charge is 0.232 e. The third-order valence-electron chi connectivity index (χ3n) is 1.64. The molecule has 0 fully saturated rings. The van der Waals surface area contributed by atoms with Crippen LogP contribution in [0.2, 0.25) is 0 Å². The summed E-state index contributed by atoms with van der Waals surface area (Å²) in [4.78, 5) is 0. The van der Waals surface area contributed by atoms with Gasteiger partial charge in [0.05, 0.1) is 5.75 Å². The van der Waals surface area contributed by atoms with Gasteiger partial charge in [-0.05, 0) is 24.7 Å². The average Bonchev–Trinajstić information content (AvgIpc) is 1.96. The second kappa shape index (κ2) is 6.11. The standard InChI is InChI=1S/C7H16ClO2S2/c1-3-11(4-2)6-5-7-12(8,9)10/h3-7H2,1-2H3/q+1. The smallest absolute Gasteiger partial charge is 0.212 e. The Morgan fingerprint density at radius 1 is 1.25 bits per heavy atom. The second-order valence-electron chi connectivity index (χ2n) is 2.49. The molecular formula is C7H16ClO2S2+. The molecule has 2 nitrogen and oxygen atoms in total. The minimum atomic E-state index is -3.26. The van der Waals surface area contributed by atoms with E-state index in [-0.39, 0.29) is 5.75 Å². The number of hydrogen-bond donors (Lipinski definition) is 0. The summed E-state index contributed by atoms with van der Waals surface area (Å²) in [6.45, 7) is 4.28. The highest BCUT2D eigenvalue weighted by Gasteiger charge is 2.13. The highest BCUT2D eigenvalue weighted by atomic mass is 35.7. The van der Waals surface area contributed by atoms with Gasteiger partial charge in [0.2, 0.25) is 9.05 Å². The Morgan fingerprint density at radius 2 is 1.75 bits per heavy atom. The minimum Gasteiger partial charge on any atom is -0.212 e. The van der Waals surface area contributed by atoms with Crippen LogP contribution in [-0.2, 0) is 19.9 Å². The molecule has 0 aromatic carbocycles. The van der Waals surface area contributed by atoms with E-state index in [0.717, 1.165) is 17.3 Å². The van der Waals surface area contributed by atoms with E-state index < -0.39 is 9.05 Å². The van der Waals surface area contributed by atoms with Crippen molar-refractivity contribution in [1.29, 1.82) is 0 Å². The molecule has 12 heavy (non-hydrogen) atoms. The molecule has 0 aromatic heterocycles. The van der Waals surface area contributed by atoms with Crippen LogP contribution in [0.25, 0.3) is 0 Å².